The first kappa shape index (κ1) is 19.1. The molecule has 0 aromatic heterocycles. The molecule has 22 heavy (non-hydrogen) atoms. The van der Waals surface area contributed by atoms with Crippen molar-refractivity contribution in [1.29, 1.82) is 0 Å². The summed E-state index contributed by atoms with van der Waals surface area (Å²) < 4.78 is 39.0. The van der Waals surface area contributed by atoms with E-state index in [9.17, 15) is 22.6 Å². The molecule has 0 saturated carbocycles. The van der Waals surface area contributed by atoms with E-state index < -0.39 is 32.9 Å². The molecule has 10 heteroatoms. The molecule has 1 fully saturated rings. The van der Waals surface area contributed by atoms with Gasteiger partial charge in [0.2, 0.25) is 11.6 Å². The van der Waals surface area contributed by atoms with Crippen molar-refractivity contribution in [2.75, 3.05) is 13.7 Å². The van der Waals surface area contributed by atoms with Crippen LogP contribution in [0.3, 0.4) is 0 Å². The molecule has 0 spiro atoms. The molecule has 0 bridgehead atoms. The Morgan fingerprint density at radius 3 is 2.36 bits per heavy atom. The number of hydrogen-bond donors (Lipinski definition) is 2. The summed E-state index contributed by atoms with van der Waals surface area (Å²) in [5, 5.41) is 2.60. The van der Waals surface area contributed by atoms with E-state index in [1.807, 2.05) is 0 Å². The number of methoxy groups -OCH3 is 1. The number of amides is 2. The van der Waals surface area contributed by atoms with Crippen molar-refractivity contribution in [3.8, 4) is 0 Å². The number of ether oxygens (including phenoxy) is 1. The first-order valence-electron chi connectivity index (χ1n) is 5.95. The van der Waals surface area contributed by atoms with Crippen LogP contribution in [0, 0.1) is 0 Å². The van der Waals surface area contributed by atoms with Crippen LogP contribution in [0.15, 0.2) is 30.3 Å². The third-order valence-corrected chi connectivity index (χ3v) is 4.23. The first-order chi connectivity index (χ1) is 9.80. The molecule has 2 N–H and O–H groups in total. The summed E-state index contributed by atoms with van der Waals surface area (Å²) in [6.45, 7) is -0.00547. The largest absolute Gasteiger partial charge is 1.00 e. The van der Waals surface area contributed by atoms with Gasteiger partial charge in [-0.15, -0.1) is 0 Å². The average Bonchev–Trinajstić information content (AvgIpc) is 2.42. The van der Waals surface area contributed by atoms with E-state index in [4.69, 9.17) is 4.74 Å². The number of benzene rings is 1. The third-order valence-electron chi connectivity index (χ3n) is 3.17. The molecule has 2 amide bonds. The van der Waals surface area contributed by atoms with Crippen molar-refractivity contribution in [3.63, 3.8) is 0 Å². The Hall–Kier alpha value is -0.970. The van der Waals surface area contributed by atoms with Crippen LogP contribution in [0.4, 0.5) is 0 Å². The molecule has 1 saturated heterocycles. The Labute approximate surface area is 149 Å². The second-order valence-corrected chi connectivity index (χ2v) is 5.94. The number of carbonyl (C=O) groups is 2. The molecule has 0 radical (unpaired) electrons. The predicted octanol–water partition coefficient (Wildman–Crippen LogP) is -4.13. The molecular weight excluding hydrogens is 323 g/mol. The van der Waals surface area contributed by atoms with E-state index in [1.54, 1.807) is 6.07 Å². The maximum atomic E-state index is 12.2. The van der Waals surface area contributed by atoms with Crippen LogP contribution in [-0.4, -0.2) is 44.2 Å². The molecule has 1 heterocycles. The SMILES string of the molecule is CO[C@]1(NC(=O)C(c2ccccc2)S(=O)(=O)[O-])CNC1=O.[Na+]. The van der Waals surface area contributed by atoms with Gasteiger partial charge in [0.1, 0.15) is 10.1 Å². The minimum Gasteiger partial charge on any atom is -0.747 e. The normalized spacial score (nSPS) is 21.8. The zero-order valence-corrected chi connectivity index (χ0v) is 14.8. The third kappa shape index (κ3) is 3.67. The summed E-state index contributed by atoms with van der Waals surface area (Å²) in [7, 11) is -3.75. The quantitative estimate of drug-likeness (QED) is 0.243. The predicted molar refractivity (Wildman–Crippen MR) is 69.8 cm³/mol. The first-order valence-corrected chi connectivity index (χ1v) is 7.42. The molecule has 1 aromatic rings. The number of rotatable bonds is 5. The van der Waals surface area contributed by atoms with Crippen LogP contribution >= 0.6 is 0 Å². The van der Waals surface area contributed by atoms with Gasteiger partial charge in [0.05, 0.1) is 6.54 Å². The monoisotopic (exact) mass is 336 g/mol. The van der Waals surface area contributed by atoms with Crippen LogP contribution in [-0.2, 0) is 24.4 Å². The Bertz CT molecular complexity index is 661. The van der Waals surface area contributed by atoms with Gasteiger partial charge >= 0.3 is 29.6 Å². The zero-order chi connectivity index (χ0) is 15.7. The zero-order valence-electron chi connectivity index (χ0n) is 12.0. The molecule has 8 nitrogen and oxygen atoms in total. The number of nitrogens with one attached hydrogen (secondary N) is 2. The van der Waals surface area contributed by atoms with Gasteiger partial charge in [-0.1, -0.05) is 30.3 Å². The van der Waals surface area contributed by atoms with Gasteiger partial charge in [-0.25, -0.2) is 8.42 Å². The van der Waals surface area contributed by atoms with E-state index in [0.717, 1.165) is 0 Å². The van der Waals surface area contributed by atoms with Gasteiger partial charge in [0.15, 0.2) is 5.25 Å². The van der Waals surface area contributed by atoms with E-state index in [0.29, 0.717) is 0 Å². The molecule has 1 aromatic carbocycles. The van der Waals surface area contributed by atoms with Crippen molar-refractivity contribution in [2.45, 2.75) is 11.0 Å². The molecule has 1 aliphatic heterocycles. The van der Waals surface area contributed by atoms with E-state index in [-0.39, 0.29) is 41.7 Å². The maximum absolute atomic E-state index is 12.2. The summed E-state index contributed by atoms with van der Waals surface area (Å²) in [5.74, 6) is -1.71. The average molecular weight is 336 g/mol. The molecule has 1 unspecified atom stereocenters. The van der Waals surface area contributed by atoms with Crippen molar-refractivity contribution >= 4 is 21.9 Å². The standard InChI is InChI=1S/C12H14N2O6S.Na/c1-20-12(7-13-11(12)16)14-10(15)9(21(17,18)19)8-5-3-2-4-6-8;/h2-6,9H,7H2,1H3,(H,13,16)(H,14,15)(H,17,18,19);/q;+1/p-1/t9?,12-;/m1./s1. The summed E-state index contributed by atoms with van der Waals surface area (Å²) >= 11 is 0. The van der Waals surface area contributed by atoms with Crippen LogP contribution in [0.25, 0.3) is 0 Å². The van der Waals surface area contributed by atoms with Crippen LogP contribution < -0.4 is 40.2 Å². The van der Waals surface area contributed by atoms with Gasteiger partial charge in [-0.05, 0) is 5.56 Å². The molecule has 0 aliphatic carbocycles. The van der Waals surface area contributed by atoms with E-state index in [2.05, 4.69) is 10.6 Å². The van der Waals surface area contributed by atoms with Gasteiger partial charge in [0, 0.05) is 7.11 Å². The molecule has 2 atom stereocenters. The molecular formula is C12H13N2NaO6S. The fourth-order valence-corrected chi connectivity index (χ4v) is 2.79. The van der Waals surface area contributed by atoms with Crippen molar-refractivity contribution in [3.05, 3.63) is 35.9 Å². The minimum atomic E-state index is -4.95. The molecule has 2 rings (SSSR count). The Morgan fingerprint density at radius 2 is 2.00 bits per heavy atom. The summed E-state index contributed by atoms with van der Waals surface area (Å²) in [6, 6.07) is 7.32. The maximum Gasteiger partial charge on any atom is 1.00 e. The number of carbonyl (C=O) groups excluding carboxylic acids is 2. The topological polar surface area (TPSA) is 125 Å². The van der Waals surface area contributed by atoms with E-state index in [1.165, 1.54) is 31.4 Å². The van der Waals surface area contributed by atoms with E-state index >= 15 is 0 Å². The van der Waals surface area contributed by atoms with Crippen LogP contribution in [0.5, 0.6) is 0 Å². The number of β-lactam (4-membered cyclic amide) rings is 1. The van der Waals surface area contributed by atoms with Crippen molar-refractivity contribution in [2.24, 2.45) is 0 Å². The minimum absolute atomic E-state index is 0. The second-order valence-electron chi connectivity index (χ2n) is 4.49. The Kier molecular flexibility index (Phi) is 6.13. The van der Waals surface area contributed by atoms with Gasteiger partial charge in [0.25, 0.3) is 5.91 Å². The Morgan fingerprint density at radius 1 is 1.41 bits per heavy atom. The van der Waals surface area contributed by atoms with Gasteiger partial charge in [-0.3, -0.25) is 9.59 Å². The summed E-state index contributed by atoms with van der Waals surface area (Å²) in [5.41, 5.74) is -1.61. The second kappa shape index (κ2) is 7.07. The summed E-state index contributed by atoms with van der Waals surface area (Å²) in [6.07, 6.45) is 0. The fraction of sp³-hybridized carbons (Fsp3) is 0.333. The van der Waals surface area contributed by atoms with Crippen LogP contribution in [0.1, 0.15) is 10.8 Å². The molecule has 1 aliphatic rings. The fourth-order valence-electron chi connectivity index (χ4n) is 1.98. The molecule has 114 valence electrons. The van der Waals surface area contributed by atoms with Crippen molar-refractivity contribution < 1.29 is 56.9 Å². The smallest absolute Gasteiger partial charge is 0.747 e. The number of hydrogen-bond acceptors (Lipinski definition) is 6. The van der Waals surface area contributed by atoms with Gasteiger partial charge < -0.3 is 19.9 Å². The van der Waals surface area contributed by atoms with Crippen LogP contribution in [0.2, 0.25) is 0 Å². The summed E-state index contributed by atoms with van der Waals surface area (Å²) in [4.78, 5) is 23.6. The van der Waals surface area contributed by atoms with Crippen molar-refractivity contribution in [1.82, 2.24) is 10.6 Å². The van der Waals surface area contributed by atoms with Gasteiger partial charge in [-0.2, -0.15) is 0 Å². The Balaban J connectivity index is 0.00000242.